The fourth-order valence-corrected chi connectivity index (χ4v) is 4.03. The summed E-state index contributed by atoms with van der Waals surface area (Å²) >= 11 is 0. The average molecular weight is 417 g/mol. The van der Waals surface area contributed by atoms with Crippen molar-refractivity contribution in [3.05, 3.63) is 23.9 Å². The van der Waals surface area contributed by atoms with Gasteiger partial charge in [0.1, 0.15) is 11.4 Å². The molecule has 30 heavy (non-hydrogen) atoms. The van der Waals surface area contributed by atoms with Crippen LogP contribution in [-0.4, -0.2) is 53.7 Å². The Kier molecular flexibility index (Phi) is 7.56. The van der Waals surface area contributed by atoms with Gasteiger partial charge in [-0.05, 0) is 58.1 Å². The second-order valence-corrected chi connectivity index (χ2v) is 9.41. The fraction of sp³-hybridized carbons (Fsp3) is 0.696. The number of hydrogen-bond donors (Lipinski definition) is 1. The number of carbonyl (C=O) groups is 2. The molecule has 1 aromatic rings. The lowest BCUT2D eigenvalue weighted by molar-refractivity contribution is -0.126. The molecule has 2 aliphatic heterocycles. The summed E-state index contributed by atoms with van der Waals surface area (Å²) in [6.07, 6.45) is 8.16. The smallest absolute Gasteiger partial charge is 0.410 e. The molecule has 2 amide bonds. The Morgan fingerprint density at radius 2 is 1.83 bits per heavy atom. The highest BCUT2D eigenvalue weighted by Gasteiger charge is 2.30. The number of aromatic nitrogens is 1. The van der Waals surface area contributed by atoms with Gasteiger partial charge in [-0.25, -0.2) is 9.78 Å². The van der Waals surface area contributed by atoms with Crippen LogP contribution in [0.3, 0.4) is 0 Å². The third kappa shape index (κ3) is 6.61. The zero-order valence-corrected chi connectivity index (χ0v) is 18.7. The molecule has 0 unspecified atom stereocenters. The SMILES string of the molecule is CC(C)(C)OC(=O)N1CCC[C@@H](C(=O)NCc2ccc(N3CCCCCC3)nc2)C1. The number of nitrogens with one attached hydrogen (secondary N) is 1. The van der Waals surface area contributed by atoms with E-state index in [4.69, 9.17) is 4.74 Å². The molecule has 0 saturated carbocycles. The maximum Gasteiger partial charge on any atom is 0.410 e. The third-order valence-electron chi connectivity index (χ3n) is 5.65. The molecular weight excluding hydrogens is 380 g/mol. The standard InChI is InChI=1S/C23H36N4O3/c1-23(2,3)30-22(29)27-14-8-9-19(17-27)21(28)25-16-18-10-11-20(24-15-18)26-12-6-4-5-7-13-26/h10-11,15,19H,4-9,12-14,16-17H2,1-3H3,(H,25,28)/t19-/m1/s1. The average Bonchev–Trinajstić information content (AvgIpc) is 3.01. The van der Waals surface area contributed by atoms with E-state index in [9.17, 15) is 9.59 Å². The van der Waals surface area contributed by atoms with E-state index in [1.807, 2.05) is 33.0 Å². The van der Waals surface area contributed by atoms with Gasteiger partial charge in [0, 0.05) is 38.9 Å². The molecule has 1 atom stereocenters. The van der Waals surface area contributed by atoms with Crippen LogP contribution in [-0.2, 0) is 16.1 Å². The van der Waals surface area contributed by atoms with E-state index in [1.165, 1.54) is 25.7 Å². The Balaban J connectivity index is 1.48. The molecule has 0 radical (unpaired) electrons. The molecule has 0 aliphatic carbocycles. The second kappa shape index (κ2) is 10.1. The van der Waals surface area contributed by atoms with Gasteiger partial charge in [-0.3, -0.25) is 4.79 Å². The lowest BCUT2D eigenvalue weighted by Crippen LogP contribution is -2.46. The predicted octanol–water partition coefficient (Wildman–Crippen LogP) is 3.73. The molecule has 166 valence electrons. The van der Waals surface area contributed by atoms with E-state index >= 15 is 0 Å². The van der Waals surface area contributed by atoms with E-state index in [0.717, 1.165) is 37.3 Å². The van der Waals surface area contributed by atoms with Crippen LogP contribution >= 0.6 is 0 Å². The summed E-state index contributed by atoms with van der Waals surface area (Å²) in [5.41, 5.74) is 0.459. The van der Waals surface area contributed by atoms with Crippen molar-refractivity contribution in [2.24, 2.45) is 5.92 Å². The first-order chi connectivity index (χ1) is 14.3. The third-order valence-corrected chi connectivity index (χ3v) is 5.65. The van der Waals surface area contributed by atoms with Gasteiger partial charge in [0.15, 0.2) is 0 Å². The zero-order chi connectivity index (χ0) is 21.6. The highest BCUT2D eigenvalue weighted by atomic mass is 16.6. The van der Waals surface area contributed by atoms with Gasteiger partial charge < -0.3 is 19.9 Å². The summed E-state index contributed by atoms with van der Waals surface area (Å²) < 4.78 is 5.45. The molecule has 7 nitrogen and oxygen atoms in total. The van der Waals surface area contributed by atoms with Crippen LogP contribution in [0, 0.1) is 5.92 Å². The number of anilines is 1. The number of pyridine rings is 1. The summed E-state index contributed by atoms with van der Waals surface area (Å²) in [4.78, 5) is 33.6. The first kappa shape index (κ1) is 22.4. The van der Waals surface area contributed by atoms with Crippen LogP contribution < -0.4 is 10.2 Å². The van der Waals surface area contributed by atoms with Crippen LogP contribution in [0.4, 0.5) is 10.6 Å². The lowest BCUT2D eigenvalue weighted by Gasteiger charge is -2.33. The predicted molar refractivity (Wildman–Crippen MR) is 117 cm³/mol. The van der Waals surface area contributed by atoms with Crippen molar-refractivity contribution in [3.8, 4) is 0 Å². The van der Waals surface area contributed by atoms with Crippen molar-refractivity contribution in [2.75, 3.05) is 31.1 Å². The minimum Gasteiger partial charge on any atom is -0.444 e. The maximum atomic E-state index is 12.7. The number of likely N-dealkylation sites (tertiary alicyclic amines) is 1. The summed E-state index contributed by atoms with van der Waals surface area (Å²) in [5, 5.41) is 3.01. The van der Waals surface area contributed by atoms with Gasteiger partial charge >= 0.3 is 6.09 Å². The summed E-state index contributed by atoms with van der Waals surface area (Å²) in [6.45, 7) is 9.20. The number of amides is 2. The summed E-state index contributed by atoms with van der Waals surface area (Å²) in [7, 11) is 0. The minimum absolute atomic E-state index is 0.0140. The molecule has 0 bridgehead atoms. The van der Waals surface area contributed by atoms with Crippen LogP contribution in [0.15, 0.2) is 18.3 Å². The van der Waals surface area contributed by atoms with E-state index < -0.39 is 5.60 Å². The van der Waals surface area contributed by atoms with E-state index in [1.54, 1.807) is 4.90 Å². The van der Waals surface area contributed by atoms with Crippen molar-refractivity contribution in [3.63, 3.8) is 0 Å². The number of ether oxygens (including phenoxy) is 1. The molecular formula is C23H36N4O3. The number of piperidine rings is 1. The largest absolute Gasteiger partial charge is 0.444 e. The number of rotatable bonds is 4. The Morgan fingerprint density at radius 1 is 1.10 bits per heavy atom. The Morgan fingerprint density at radius 3 is 2.47 bits per heavy atom. The zero-order valence-electron chi connectivity index (χ0n) is 18.7. The first-order valence-electron chi connectivity index (χ1n) is 11.3. The summed E-state index contributed by atoms with van der Waals surface area (Å²) in [6, 6.07) is 4.10. The van der Waals surface area contributed by atoms with Gasteiger partial charge in [0.05, 0.1) is 5.92 Å². The van der Waals surface area contributed by atoms with Gasteiger partial charge in [0.2, 0.25) is 5.91 Å². The molecule has 2 saturated heterocycles. The highest BCUT2D eigenvalue weighted by Crippen LogP contribution is 2.20. The molecule has 2 fully saturated rings. The molecule has 0 spiro atoms. The fourth-order valence-electron chi connectivity index (χ4n) is 4.03. The second-order valence-electron chi connectivity index (χ2n) is 9.41. The van der Waals surface area contributed by atoms with Gasteiger partial charge in [-0.15, -0.1) is 0 Å². The summed E-state index contributed by atoms with van der Waals surface area (Å²) in [5.74, 6) is 0.808. The lowest BCUT2D eigenvalue weighted by atomic mass is 9.97. The van der Waals surface area contributed by atoms with Crippen molar-refractivity contribution in [1.29, 1.82) is 0 Å². The van der Waals surface area contributed by atoms with Crippen LogP contribution in [0.1, 0.15) is 64.9 Å². The molecule has 3 heterocycles. The van der Waals surface area contributed by atoms with E-state index in [-0.39, 0.29) is 17.9 Å². The molecule has 3 rings (SSSR count). The van der Waals surface area contributed by atoms with Crippen molar-refractivity contribution >= 4 is 17.8 Å². The Hall–Kier alpha value is -2.31. The molecule has 1 aromatic heterocycles. The molecule has 7 heteroatoms. The normalized spacial score (nSPS) is 20.4. The minimum atomic E-state index is -0.529. The van der Waals surface area contributed by atoms with Crippen molar-refractivity contribution < 1.29 is 14.3 Å². The van der Waals surface area contributed by atoms with Gasteiger partial charge in [-0.2, -0.15) is 0 Å². The Bertz CT molecular complexity index is 706. The van der Waals surface area contributed by atoms with Crippen molar-refractivity contribution in [2.45, 2.75) is 71.4 Å². The van der Waals surface area contributed by atoms with Crippen LogP contribution in [0.25, 0.3) is 0 Å². The van der Waals surface area contributed by atoms with Crippen LogP contribution in [0.2, 0.25) is 0 Å². The van der Waals surface area contributed by atoms with Crippen molar-refractivity contribution in [1.82, 2.24) is 15.2 Å². The molecule has 2 aliphatic rings. The van der Waals surface area contributed by atoms with E-state index in [0.29, 0.717) is 19.6 Å². The number of hydrogen-bond acceptors (Lipinski definition) is 5. The number of carbonyl (C=O) groups excluding carboxylic acids is 2. The van der Waals surface area contributed by atoms with E-state index in [2.05, 4.69) is 21.3 Å². The van der Waals surface area contributed by atoms with Crippen LogP contribution in [0.5, 0.6) is 0 Å². The monoisotopic (exact) mass is 416 g/mol. The molecule has 1 N–H and O–H groups in total. The van der Waals surface area contributed by atoms with Gasteiger partial charge in [0.25, 0.3) is 0 Å². The topological polar surface area (TPSA) is 74.8 Å². The van der Waals surface area contributed by atoms with Gasteiger partial charge in [-0.1, -0.05) is 18.9 Å². The molecule has 0 aromatic carbocycles. The Labute approximate surface area is 180 Å². The first-order valence-corrected chi connectivity index (χ1v) is 11.3. The number of nitrogens with zero attached hydrogens (tertiary/aromatic N) is 3. The maximum absolute atomic E-state index is 12.7. The highest BCUT2D eigenvalue weighted by molar-refractivity contribution is 5.80. The quantitative estimate of drug-likeness (QED) is 0.810.